The molecule has 1 aliphatic rings. The van der Waals surface area contributed by atoms with E-state index < -0.39 is 5.54 Å². The molecule has 3 heterocycles. The molecule has 5 aromatic rings. The third-order valence-corrected chi connectivity index (χ3v) is 7.26. The van der Waals surface area contributed by atoms with Crippen molar-refractivity contribution in [2.75, 3.05) is 0 Å². The minimum Gasteiger partial charge on any atom is -0.506 e. The zero-order valence-electron chi connectivity index (χ0n) is 19.4. The summed E-state index contributed by atoms with van der Waals surface area (Å²) in [6.45, 7) is 3.99. The van der Waals surface area contributed by atoms with Gasteiger partial charge in [0.25, 0.3) is 5.91 Å². The lowest BCUT2D eigenvalue weighted by Crippen LogP contribution is -2.49. The molecule has 0 unspecified atom stereocenters. The molecular weight excluding hydrogens is 462 g/mol. The highest BCUT2D eigenvalue weighted by atomic mass is 35.5. The summed E-state index contributed by atoms with van der Waals surface area (Å²) in [4.78, 5) is 17.7. The molecule has 1 aliphatic carbocycles. The number of fused-ring (bicyclic) bond motifs is 4. The summed E-state index contributed by atoms with van der Waals surface area (Å²) in [6.07, 6.45) is 3.79. The highest BCUT2D eigenvalue weighted by Crippen LogP contribution is 2.35. The van der Waals surface area contributed by atoms with Crippen molar-refractivity contribution in [3.63, 3.8) is 0 Å². The zero-order valence-corrected chi connectivity index (χ0v) is 20.2. The zero-order chi connectivity index (χ0) is 24.3. The number of aryl methyl sites for hydroxylation is 2. The van der Waals surface area contributed by atoms with E-state index in [1.165, 1.54) is 0 Å². The Morgan fingerprint density at radius 2 is 2.00 bits per heavy atom. The summed E-state index contributed by atoms with van der Waals surface area (Å²) in [5, 5.41) is 18.8. The predicted octanol–water partition coefficient (Wildman–Crippen LogP) is 5.02. The van der Waals surface area contributed by atoms with Crippen LogP contribution in [0.2, 0.25) is 5.02 Å². The number of aromatic nitrogens is 4. The van der Waals surface area contributed by atoms with Gasteiger partial charge in [0, 0.05) is 22.5 Å². The molecule has 0 radical (unpaired) electrons. The van der Waals surface area contributed by atoms with Crippen molar-refractivity contribution in [1.29, 1.82) is 0 Å². The van der Waals surface area contributed by atoms with Gasteiger partial charge in [-0.25, -0.2) is 9.50 Å². The molecule has 3 aromatic heterocycles. The fourth-order valence-corrected chi connectivity index (χ4v) is 5.33. The number of aromatic hydroxyl groups is 1. The van der Waals surface area contributed by atoms with Crippen LogP contribution in [-0.2, 0) is 12.8 Å². The van der Waals surface area contributed by atoms with Crippen LogP contribution in [0.25, 0.3) is 22.2 Å². The number of pyridine rings is 1. The third-order valence-electron chi connectivity index (χ3n) is 6.95. The lowest BCUT2D eigenvalue weighted by atomic mass is 9.81. The van der Waals surface area contributed by atoms with Crippen LogP contribution in [0, 0.1) is 6.92 Å². The fraction of sp³-hybridized carbons (Fsp3) is 0.222. The Morgan fingerprint density at radius 3 is 2.83 bits per heavy atom. The normalized spacial score (nSPS) is 17.6. The fourth-order valence-electron chi connectivity index (χ4n) is 5.07. The van der Waals surface area contributed by atoms with Crippen molar-refractivity contribution < 1.29 is 9.90 Å². The van der Waals surface area contributed by atoms with Gasteiger partial charge >= 0.3 is 0 Å². The number of rotatable bonds is 3. The van der Waals surface area contributed by atoms with Crippen molar-refractivity contribution in [2.24, 2.45) is 0 Å². The molecule has 0 saturated heterocycles. The molecule has 0 bridgehead atoms. The molecule has 2 aromatic carbocycles. The van der Waals surface area contributed by atoms with Crippen LogP contribution in [0.5, 0.6) is 5.75 Å². The Balaban J connectivity index is 1.28. The van der Waals surface area contributed by atoms with Crippen molar-refractivity contribution in [2.45, 2.75) is 38.6 Å². The van der Waals surface area contributed by atoms with Crippen molar-refractivity contribution in [3.8, 4) is 11.4 Å². The first-order valence-corrected chi connectivity index (χ1v) is 11.9. The van der Waals surface area contributed by atoms with Crippen molar-refractivity contribution >= 4 is 34.1 Å². The van der Waals surface area contributed by atoms with Gasteiger partial charge in [0.1, 0.15) is 17.6 Å². The van der Waals surface area contributed by atoms with Crippen LogP contribution in [0.3, 0.4) is 0 Å². The van der Waals surface area contributed by atoms with E-state index in [-0.39, 0.29) is 11.7 Å². The van der Waals surface area contributed by atoms with Gasteiger partial charge in [-0.05, 0) is 75.6 Å². The highest BCUT2D eigenvalue weighted by Gasteiger charge is 2.35. The Kier molecular flexibility index (Phi) is 4.86. The third kappa shape index (κ3) is 3.54. The monoisotopic (exact) mass is 485 g/mol. The van der Waals surface area contributed by atoms with Gasteiger partial charge in [0.15, 0.2) is 0 Å². The summed E-state index contributed by atoms with van der Waals surface area (Å²) >= 11 is 6.59. The van der Waals surface area contributed by atoms with Crippen LogP contribution in [0.15, 0.2) is 60.9 Å². The second-order valence-corrected chi connectivity index (χ2v) is 9.91. The molecule has 2 N–H and O–H groups in total. The van der Waals surface area contributed by atoms with E-state index in [1.54, 1.807) is 29.0 Å². The molecule has 0 fully saturated rings. The number of amides is 1. The van der Waals surface area contributed by atoms with Gasteiger partial charge in [0.2, 0.25) is 0 Å². The topological polar surface area (TPSA) is 84.5 Å². The molecule has 35 heavy (non-hydrogen) atoms. The molecule has 176 valence electrons. The second-order valence-electron chi connectivity index (χ2n) is 9.50. The molecule has 0 aliphatic heterocycles. The molecule has 0 spiro atoms. The smallest absolute Gasteiger partial charge is 0.253 e. The molecule has 1 atom stereocenters. The maximum absolute atomic E-state index is 13.3. The van der Waals surface area contributed by atoms with E-state index in [1.807, 2.05) is 54.8 Å². The minimum absolute atomic E-state index is 0.200. The standard InChI is InChI=1S/C27H24ClN5O2/c1-16-7-10-24(34)25-19-14-27(2,12-11-21(19)31-33(16)25)30-26(35)18-9-8-17(13-20(18)28)32-15-29-22-5-3-4-6-23(22)32/h3-10,13,15,34H,11-12,14H2,1-2H3,(H,30,35)/t27-/m1/s1. The molecule has 6 rings (SSSR count). The Bertz CT molecular complexity index is 1640. The number of benzene rings is 2. The maximum atomic E-state index is 13.3. The first kappa shape index (κ1) is 21.7. The number of hydrogen-bond donors (Lipinski definition) is 2. The largest absolute Gasteiger partial charge is 0.506 e. The molecule has 8 heteroatoms. The molecule has 7 nitrogen and oxygen atoms in total. The van der Waals surface area contributed by atoms with Gasteiger partial charge in [-0.3, -0.25) is 9.36 Å². The number of nitrogens with zero attached hydrogens (tertiary/aromatic N) is 4. The molecular formula is C27H24ClN5O2. The van der Waals surface area contributed by atoms with E-state index in [0.29, 0.717) is 23.4 Å². The van der Waals surface area contributed by atoms with Crippen LogP contribution in [-0.4, -0.2) is 35.7 Å². The number of hydrogen-bond acceptors (Lipinski definition) is 4. The van der Waals surface area contributed by atoms with Crippen LogP contribution in [0.1, 0.15) is 40.7 Å². The van der Waals surface area contributed by atoms with Gasteiger partial charge in [-0.2, -0.15) is 5.10 Å². The van der Waals surface area contributed by atoms with Gasteiger partial charge in [0.05, 0.1) is 27.3 Å². The van der Waals surface area contributed by atoms with Crippen molar-refractivity contribution in [1.82, 2.24) is 24.5 Å². The number of carbonyl (C=O) groups is 1. The van der Waals surface area contributed by atoms with Gasteiger partial charge in [-0.1, -0.05) is 23.7 Å². The number of para-hydroxylation sites is 2. The summed E-state index contributed by atoms with van der Waals surface area (Å²) in [5.74, 6) is -0.0227. The SMILES string of the molecule is Cc1ccc(O)c2c3c(nn12)CC[C@@](C)(NC(=O)c1ccc(-n2cnc4ccccc42)cc1Cl)C3. The summed E-state index contributed by atoms with van der Waals surface area (Å²) < 4.78 is 3.75. The van der Waals surface area contributed by atoms with Crippen LogP contribution >= 0.6 is 11.6 Å². The lowest BCUT2D eigenvalue weighted by Gasteiger charge is -2.34. The Labute approximate surface area is 207 Å². The quantitative estimate of drug-likeness (QED) is 0.376. The summed E-state index contributed by atoms with van der Waals surface area (Å²) in [5.41, 5.74) is 6.25. The maximum Gasteiger partial charge on any atom is 0.253 e. The van der Waals surface area contributed by atoms with E-state index in [4.69, 9.17) is 16.7 Å². The van der Waals surface area contributed by atoms with Crippen LogP contribution in [0.4, 0.5) is 0 Å². The minimum atomic E-state index is -0.494. The first-order chi connectivity index (χ1) is 16.8. The van der Waals surface area contributed by atoms with Gasteiger partial charge < -0.3 is 10.4 Å². The Morgan fingerprint density at radius 1 is 1.17 bits per heavy atom. The lowest BCUT2D eigenvalue weighted by molar-refractivity contribution is 0.0898. The second kappa shape index (κ2) is 7.85. The summed E-state index contributed by atoms with van der Waals surface area (Å²) in [6, 6.07) is 16.8. The molecule has 1 amide bonds. The Hall–Kier alpha value is -3.84. The molecule has 0 saturated carbocycles. The highest BCUT2D eigenvalue weighted by molar-refractivity contribution is 6.34. The van der Waals surface area contributed by atoms with Gasteiger partial charge in [-0.15, -0.1) is 0 Å². The van der Waals surface area contributed by atoms with E-state index >= 15 is 0 Å². The van der Waals surface area contributed by atoms with Crippen molar-refractivity contribution in [3.05, 3.63) is 88.5 Å². The average molecular weight is 486 g/mol. The number of halogens is 1. The number of imidazole rings is 1. The van der Waals surface area contributed by atoms with E-state index in [9.17, 15) is 9.90 Å². The van der Waals surface area contributed by atoms with Crippen LogP contribution < -0.4 is 5.32 Å². The number of nitrogens with one attached hydrogen (secondary N) is 1. The number of carbonyl (C=O) groups excluding carboxylic acids is 1. The predicted molar refractivity (Wildman–Crippen MR) is 136 cm³/mol. The summed E-state index contributed by atoms with van der Waals surface area (Å²) in [7, 11) is 0. The average Bonchev–Trinajstić information content (AvgIpc) is 3.43. The first-order valence-electron chi connectivity index (χ1n) is 11.6. The van der Waals surface area contributed by atoms with E-state index in [2.05, 4.69) is 10.3 Å². The van der Waals surface area contributed by atoms with E-state index in [0.717, 1.165) is 45.6 Å².